The summed E-state index contributed by atoms with van der Waals surface area (Å²) < 4.78 is 0. The predicted octanol–water partition coefficient (Wildman–Crippen LogP) is 2.88. The van der Waals surface area contributed by atoms with Crippen molar-refractivity contribution in [1.82, 2.24) is 0 Å². The van der Waals surface area contributed by atoms with E-state index in [4.69, 9.17) is 0 Å². The van der Waals surface area contributed by atoms with Crippen LogP contribution in [0.15, 0.2) is 18.2 Å². The summed E-state index contributed by atoms with van der Waals surface area (Å²) in [7, 11) is 2.17. The van der Waals surface area contributed by atoms with E-state index in [2.05, 4.69) is 56.2 Å². The van der Waals surface area contributed by atoms with E-state index in [-0.39, 0.29) is 0 Å². The first-order valence-corrected chi connectivity index (χ1v) is 5.54. The van der Waals surface area contributed by atoms with Crippen molar-refractivity contribution in [1.29, 1.82) is 0 Å². The molecule has 15 heavy (non-hydrogen) atoms. The van der Waals surface area contributed by atoms with Gasteiger partial charge in [-0.2, -0.15) is 0 Å². The van der Waals surface area contributed by atoms with Crippen LogP contribution in [0.2, 0.25) is 0 Å². The van der Waals surface area contributed by atoms with E-state index in [0.29, 0.717) is 5.41 Å². The molecule has 0 aliphatic carbocycles. The quantitative estimate of drug-likeness (QED) is 0.699. The Hall–Kier alpha value is -1.18. The van der Waals surface area contributed by atoms with Crippen molar-refractivity contribution in [3.05, 3.63) is 23.8 Å². The molecule has 0 unspecified atom stereocenters. The lowest BCUT2D eigenvalue weighted by Gasteiger charge is -2.27. The molecule has 0 amide bonds. The summed E-state index contributed by atoms with van der Waals surface area (Å²) >= 11 is 0. The number of rotatable bonds is 0. The van der Waals surface area contributed by atoms with E-state index in [0.717, 1.165) is 13.1 Å². The van der Waals surface area contributed by atoms with Crippen molar-refractivity contribution in [2.45, 2.75) is 20.8 Å². The van der Waals surface area contributed by atoms with Crippen LogP contribution in [-0.4, -0.2) is 20.1 Å². The van der Waals surface area contributed by atoms with Crippen molar-refractivity contribution in [3.8, 4) is 0 Å². The minimum atomic E-state index is 0.321. The fourth-order valence-electron chi connectivity index (χ4n) is 2.22. The monoisotopic (exact) mass is 204 g/mol. The molecule has 1 N–H and O–H groups in total. The molecule has 82 valence electrons. The molecule has 2 rings (SSSR count). The van der Waals surface area contributed by atoms with Crippen LogP contribution in [0.4, 0.5) is 11.4 Å². The lowest BCUT2D eigenvalue weighted by Crippen LogP contribution is -2.33. The maximum Gasteiger partial charge on any atom is 0.0602 e. The first kappa shape index (κ1) is 10.3. The van der Waals surface area contributed by atoms with Crippen LogP contribution >= 0.6 is 0 Å². The summed E-state index contributed by atoms with van der Waals surface area (Å²) in [5.74, 6) is 0. The molecule has 0 fully saturated rings. The Morgan fingerprint density at radius 1 is 1.33 bits per heavy atom. The largest absolute Gasteiger partial charge is 0.383 e. The Kier molecular flexibility index (Phi) is 2.37. The van der Waals surface area contributed by atoms with E-state index in [1.165, 1.54) is 16.9 Å². The van der Waals surface area contributed by atoms with Gasteiger partial charge in [0, 0.05) is 20.1 Å². The number of fused-ring (bicyclic) bond motifs is 1. The minimum absolute atomic E-state index is 0.321. The zero-order valence-corrected chi connectivity index (χ0v) is 10.1. The smallest absolute Gasteiger partial charge is 0.0602 e. The van der Waals surface area contributed by atoms with Crippen LogP contribution in [0.5, 0.6) is 0 Å². The van der Waals surface area contributed by atoms with Crippen molar-refractivity contribution < 1.29 is 0 Å². The highest BCUT2D eigenvalue weighted by Crippen LogP contribution is 2.32. The molecule has 0 aromatic heterocycles. The number of anilines is 2. The molecule has 0 radical (unpaired) electrons. The van der Waals surface area contributed by atoms with Crippen molar-refractivity contribution in [2.24, 2.45) is 5.41 Å². The third-order valence-electron chi connectivity index (χ3n) is 2.99. The molecular formula is C13H20N2. The van der Waals surface area contributed by atoms with Gasteiger partial charge < -0.3 is 10.2 Å². The third-order valence-corrected chi connectivity index (χ3v) is 2.99. The Labute approximate surface area is 92.3 Å². The van der Waals surface area contributed by atoms with Gasteiger partial charge in [0.15, 0.2) is 0 Å². The van der Waals surface area contributed by atoms with Gasteiger partial charge in [-0.25, -0.2) is 0 Å². The highest BCUT2D eigenvalue weighted by molar-refractivity contribution is 5.71. The van der Waals surface area contributed by atoms with Gasteiger partial charge in [0.05, 0.1) is 11.4 Å². The molecule has 2 heteroatoms. The lowest BCUT2D eigenvalue weighted by atomic mass is 9.93. The molecule has 1 aromatic rings. The number of hydrogen-bond acceptors (Lipinski definition) is 2. The maximum atomic E-state index is 3.53. The van der Waals surface area contributed by atoms with E-state index in [1.807, 2.05) is 0 Å². The Morgan fingerprint density at radius 3 is 2.80 bits per heavy atom. The summed E-state index contributed by atoms with van der Waals surface area (Å²) in [5.41, 5.74) is 4.22. The van der Waals surface area contributed by atoms with E-state index >= 15 is 0 Å². The standard InChI is InChI=1S/C13H20N2/c1-10-5-6-11-12(7-10)15(4)9-13(2,3)8-14-11/h5-7,14H,8-9H2,1-4H3. The van der Waals surface area contributed by atoms with Gasteiger partial charge in [-0.05, 0) is 30.0 Å². The molecule has 1 aliphatic heterocycles. The number of hydrogen-bond donors (Lipinski definition) is 1. The van der Waals surface area contributed by atoms with Gasteiger partial charge in [0.2, 0.25) is 0 Å². The molecule has 0 saturated heterocycles. The topological polar surface area (TPSA) is 15.3 Å². The van der Waals surface area contributed by atoms with E-state index in [1.54, 1.807) is 0 Å². The highest BCUT2D eigenvalue weighted by Gasteiger charge is 2.25. The average molecular weight is 204 g/mol. The number of nitrogens with zero attached hydrogens (tertiary/aromatic N) is 1. The Morgan fingerprint density at radius 2 is 2.07 bits per heavy atom. The second-order valence-electron chi connectivity index (χ2n) is 5.39. The summed E-state index contributed by atoms with van der Waals surface area (Å²) in [5, 5.41) is 3.53. The summed E-state index contributed by atoms with van der Waals surface area (Å²) in [6.07, 6.45) is 0. The highest BCUT2D eigenvalue weighted by atomic mass is 15.1. The zero-order valence-electron chi connectivity index (χ0n) is 10.1. The number of nitrogens with one attached hydrogen (secondary N) is 1. The first-order chi connectivity index (χ1) is 6.98. The maximum absolute atomic E-state index is 3.53. The molecule has 0 atom stereocenters. The normalized spacial score (nSPS) is 19.1. The van der Waals surface area contributed by atoms with Crippen LogP contribution in [0.3, 0.4) is 0 Å². The van der Waals surface area contributed by atoms with Crippen molar-refractivity contribution in [3.63, 3.8) is 0 Å². The fraction of sp³-hybridized carbons (Fsp3) is 0.538. The summed E-state index contributed by atoms with van der Waals surface area (Å²) in [4.78, 5) is 2.35. The third kappa shape index (κ3) is 2.09. The first-order valence-electron chi connectivity index (χ1n) is 5.54. The van der Waals surface area contributed by atoms with Crippen LogP contribution in [-0.2, 0) is 0 Å². The second kappa shape index (κ2) is 3.44. The summed E-state index contributed by atoms with van der Waals surface area (Å²) in [6.45, 7) is 8.87. The van der Waals surface area contributed by atoms with Crippen LogP contribution in [0.25, 0.3) is 0 Å². The predicted molar refractivity (Wildman–Crippen MR) is 66.7 cm³/mol. The van der Waals surface area contributed by atoms with Gasteiger partial charge >= 0.3 is 0 Å². The molecule has 1 aliphatic rings. The number of benzene rings is 1. The van der Waals surface area contributed by atoms with Crippen LogP contribution in [0, 0.1) is 12.3 Å². The van der Waals surface area contributed by atoms with Gasteiger partial charge in [0.1, 0.15) is 0 Å². The number of aryl methyl sites for hydroxylation is 1. The molecule has 1 heterocycles. The van der Waals surface area contributed by atoms with Crippen molar-refractivity contribution >= 4 is 11.4 Å². The van der Waals surface area contributed by atoms with Crippen LogP contribution < -0.4 is 10.2 Å². The van der Waals surface area contributed by atoms with Gasteiger partial charge in [0.25, 0.3) is 0 Å². The molecule has 0 saturated carbocycles. The molecule has 0 bridgehead atoms. The molecule has 0 spiro atoms. The SMILES string of the molecule is Cc1ccc2c(c1)N(C)CC(C)(C)CN2. The second-order valence-corrected chi connectivity index (χ2v) is 5.39. The zero-order chi connectivity index (χ0) is 11.1. The van der Waals surface area contributed by atoms with Gasteiger partial charge in [-0.15, -0.1) is 0 Å². The Bertz CT molecular complexity index is 369. The van der Waals surface area contributed by atoms with E-state index in [9.17, 15) is 0 Å². The van der Waals surface area contributed by atoms with Gasteiger partial charge in [-0.3, -0.25) is 0 Å². The molecule has 1 aromatic carbocycles. The van der Waals surface area contributed by atoms with E-state index < -0.39 is 0 Å². The minimum Gasteiger partial charge on any atom is -0.383 e. The Balaban J connectivity index is 2.40. The van der Waals surface area contributed by atoms with Crippen LogP contribution in [0.1, 0.15) is 19.4 Å². The lowest BCUT2D eigenvalue weighted by molar-refractivity contribution is 0.403. The summed E-state index contributed by atoms with van der Waals surface area (Å²) in [6, 6.07) is 6.60. The average Bonchev–Trinajstić information content (AvgIpc) is 2.24. The molecular weight excluding hydrogens is 184 g/mol. The fourth-order valence-corrected chi connectivity index (χ4v) is 2.22. The van der Waals surface area contributed by atoms with Gasteiger partial charge in [-0.1, -0.05) is 19.9 Å². The van der Waals surface area contributed by atoms with Crippen molar-refractivity contribution in [2.75, 3.05) is 30.4 Å². The molecule has 2 nitrogen and oxygen atoms in total.